The molecule has 0 saturated carbocycles. The first kappa shape index (κ1) is 15.0. The molecule has 0 aliphatic carbocycles. The number of hydrogen-bond donors (Lipinski definition) is 0. The van der Waals surface area contributed by atoms with Gasteiger partial charge in [0.25, 0.3) is 5.91 Å². The molecule has 2 aromatic rings. The molecule has 22 heavy (non-hydrogen) atoms. The Morgan fingerprint density at radius 1 is 1.50 bits per heavy atom. The van der Waals surface area contributed by atoms with E-state index in [1.807, 2.05) is 40.7 Å². The van der Waals surface area contributed by atoms with Crippen LogP contribution in [0.2, 0.25) is 0 Å². The molecule has 4 nitrogen and oxygen atoms in total. The van der Waals surface area contributed by atoms with E-state index in [4.69, 9.17) is 4.74 Å². The molecule has 5 heteroatoms. The van der Waals surface area contributed by atoms with E-state index in [-0.39, 0.29) is 5.91 Å². The van der Waals surface area contributed by atoms with E-state index in [2.05, 4.69) is 4.98 Å². The zero-order chi connectivity index (χ0) is 15.4. The quantitative estimate of drug-likeness (QED) is 0.869. The van der Waals surface area contributed by atoms with Crippen molar-refractivity contribution in [2.75, 3.05) is 20.2 Å². The molecule has 1 atom stereocenters. The summed E-state index contributed by atoms with van der Waals surface area (Å²) in [4.78, 5) is 19.0. The summed E-state index contributed by atoms with van der Waals surface area (Å²) < 4.78 is 5.21. The van der Waals surface area contributed by atoms with Crippen molar-refractivity contribution >= 4 is 17.2 Å². The van der Waals surface area contributed by atoms with Crippen LogP contribution in [0, 0.1) is 5.92 Å². The zero-order valence-corrected chi connectivity index (χ0v) is 13.5. The van der Waals surface area contributed by atoms with Crippen LogP contribution in [0.15, 0.2) is 35.8 Å². The summed E-state index contributed by atoms with van der Waals surface area (Å²) in [5, 5.41) is 3.18. The van der Waals surface area contributed by atoms with Crippen molar-refractivity contribution in [3.05, 3.63) is 46.4 Å². The number of nitrogens with zero attached hydrogens (tertiary/aromatic N) is 2. The molecule has 0 N–H and O–H groups in total. The molecule has 3 rings (SSSR count). The Labute approximate surface area is 134 Å². The fourth-order valence-electron chi connectivity index (χ4n) is 2.96. The fraction of sp³-hybridized carbons (Fsp3) is 0.412. The predicted molar refractivity (Wildman–Crippen MR) is 87.4 cm³/mol. The Hall–Kier alpha value is -1.88. The van der Waals surface area contributed by atoms with Crippen molar-refractivity contribution in [2.45, 2.75) is 19.3 Å². The van der Waals surface area contributed by atoms with Crippen molar-refractivity contribution in [3.8, 4) is 5.75 Å². The van der Waals surface area contributed by atoms with Gasteiger partial charge in [-0.3, -0.25) is 4.79 Å². The largest absolute Gasteiger partial charge is 0.497 e. The molecule has 1 amide bonds. The van der Waals surface area contributed by atoms with Crippen molar-refractivity contribution < 1.29 is 9.53 Å². The highest BCUT2D eigenvalue weighted by Crippen LogP contribution is 2.24. The molecule has 0 unspecified atom stereocenters. The van der Waals surface area contributed by atoms with E-state index < -0.39 is 0 Å². The summed E-state index contributed by atoms with van der Waals surface area (Å²) in [6, 6.07) is 7.39. The average Bonchev–Trinajstić information content (AvgIpc) is 3.07. The lowest BCUT2D eigenvalue weighted by Crippen LogP contribution is -2.40. The van der Waals surface area contributed by atoms with Crippen LogP contribution in [0.25, 0.3) is 0 Å². The van der Waals surface area contributed by atoms with Crippen molar-refractivity contribution in [2.24, 2.45) is 5.92 Å². The molecule has 0 spiro atoms. The number of likely N-dealkylation sites (tertiary alicyclic amines) is 1. The normalized spacial score (nSPS) is 18.2. The molecular weight excluding hydrogens is 296 g/mol. The summed E-state index contributed by atoms with van der Waals surface area (Å²) in [7, 11) is 1.62. The number of carbonyl (C=O) groups is 1. The van der Waals surface area contributed by atoms with Crippen molar-refractivity contribution in [1.29, 1.82) is 0 Å². The third-order valence-corrected chi connectivity index (χ3v) is 4.87. The molecule has 0 bridgehead atoms. The van der Waals surface area contributed by atoms with Gasteiger partial charge in [0, 0.05) is 36.7 Å². The third kappa shape index (κ3) is 3.47. The van der Waals surface area contributed by atoms with Gasteiger partial charge in [-0.05, 0) is 37.0 Å². The number of carbonyl (C=O) groups excluding carboxylic acids is 1. The van der Waals surface area contributed by atoms with Crippen molar-refractivity contribution in [1.82, 2.24) is 9.88 Å². The van der Waals surface area contributed by atoms with Crippen LogP contribution < -0.4 is 4.74 Å². The molecule has 1 aromatic heterocycles. The topological polar surface area (TPSA) is 42.4 Å². The average molecular weight is 316 g/mol. The number of methoxy groups -OCH3 is 1. The number of amides is 1. The maximum atomic E-state index is 12.7. The van der Waals surface area contributed by atoms with Crippen LogP contribution in [0.5, 0.6) is 5.75 Å². The van der Waals surface area contributed by atoms with E-state index in [1.165, 1.54) is 11.4 Å². The van der Waals surface area contributed by atoms with Crippen molar-refractivity contribution in [3.63, 3.8) is 0 Å². The summed E-state index contributed by atoms with van der Waals surface area (Å²) >= 11 is 1.70. The van der Waals surface area contributed by atoms with Gasteiger partial charge < -0.3 is 9.64 Å². The molecule has 1 aliphatic heterocycles. The fourth-order valence-corrected chi connectivity index (χ4v) is 3.69. The zero-order valence-electron chi connectivity index (χ0n) is 12.7. The van der Waals surface area contributed by atoms with Gasteiger partial charge in [-0.15, -0.1) is 11.3 Å². The highest BCUT2D eigenvalue weighted by Gasteiger charge is 2.25. The number of rotatable bonds is 4. The first-order valence-electron chi connectivity index (χ1n) is 7.58. The molecule has 2 heterocycles. The van der Waals surface area contributed by atoms with Crippen LogP contribution in [0.4, 0.5) is 0 Å². The minimum Gasteiger partial charge on any atom is -0.497 e. The van der Waals surface area contributed by atoms with Crippen LogP contribution >= 0.6 is 11.3 Å². The Balaban J connectivity index is 1.67. The second-order valence-electron chi connectivity index (χ2n) is 5.62. The number of thiazole rings is 1. The Morgan fingerprint density at radius 2 is 2.41 bits per heavy atom. The van der Waals surface area contributed by atoms with Crippen LogP contribution in [0.3, 0.4) is 0 Å². The van der Waals surface area contributed by atoms with E-state index in [0.29, 0.717) is 11.5 Å². The monoisotopic (exact) mass is 316 g/mol. The summed E-state index contributed by atoms with van der Waals surface area (Å²) in [6.07, 6.45) is 5.05. The lowest BCUT2D eigenvalue weighted by molar-refractivity contribution is 0.0673. The van der Waals surface area contributed by atoms with E-state index in [1.54, 1.807) is 18.4 Å². The van der Waals surface area contributed by atoms with Gasteiger partial charge in [0.2, 0.25) is 0 Å². The van der Waals surface area contributed by atoms with E-state index >= 15 is 0 Å². The van der Waals surface area contributed by atoms with Gasteiger partial charge in [0.15, 0.2) is 0 Å². The summed E-state index contributed by atoms with van der Waals surface area (Å²) in [5.74, 6) is 1.33. The summed E-state index contributed by atoms with van der Waals surface area (Å²) in [5.41, 5.74) is 0.703. The first-order chi connectivity index (χ1) is 10.8. The Bertz CT molecular complexity index is 627. The maximum Gasteiger partial charge on any atom is 0.253 e. The van der Waals surface area contributed by atoms with Crippen LogP contribution in [-0.2, 0) is 6.42 Å². The number of ether oxygens (including phenoxy) is 1. The van der Waals surface area contributed by atoms with E-state index in [0.717, 1.165) is 31.7 Å². The molecule has 1 aromatic carbocycles. The molecule has 1 aliphatic rings. The minimum absolute atomic E-state index is 0.0998. The molecule has 0 radical (unpaired) electrons. The lowest BCUT2D eigenvalue weighted by atomic mass is 9.94. The number of piperidine rings is 1. The lowest BCUT2D eigenvalue weighted by Gasteiger charge is -2.32. The van der Waals surface area contributed by atoms with Gasteiger partial charge in [0.1, 0.15) is 5.75 Å². The molecule has 1 saturated heterocycles. The predicted octanol–water partition coefficient (Wildman–Crippen LogP) is 3.25. The SMILES string of the molecule is COc1cccc(C(=O)N2CCC[C@H](Cc3nccs3)C2)c1. The maximum absolute atomic E-state index is 12.7. The first-order valence-corrected chi connectivity index (χ1v) is 8.46. The number of aromatic nitrogens is 1. The molecule has 1 fully saturated rings. The van der Waals surface area contributed by atoms with Gasteiger partial charge in [-0.25, -0.2) is 4.98 Å². The smallest absolute Gasteiger partial charge is 0.253 e. The molecular formula is C17H20N2O2S. The van der Waals surface area contributed by atoms with Crippen LogP contribution in [-0.4, -0.2) is 36.0 Å². The highest BCUT2D eigenvalue weighted by molar-refractivity contribution is 7.09. The second kappa shape index (κ2) is 6.92. The van der Waals surface area contributed by atoms with Gasteiger partial charge in [0.05, 0.1) is 12.1 Å². The number of benzene rings is 1. The molecule has 116 valence electrons. The highest BCUT2D eigenvalue weighted by atomic mass is 32.1. The number of hydrogen-bond acceptors (Lipinski definition) is 4. The van der Waals surface area contributed by atoms with Crippen LogP contribution in [0.1, 0.15) is 28.2 Å². The minimum atomic E-state index is 0.0998. The third-order valence-electron chi connectivity index (χ3n) is 4.07. The second-order valence-corrected chi connectivity index (χ2v) is 6.60. The van der Waals surface area contributed by atoms with Gasteiger partial charge in [-0.1, -0.05) is 6.07 Å². The Morgan fingerprint density at radius 3 is 3.18 bits per heavy atom. The van der Waals surface area contributed by atoms with E-state index in [9.17, 15) is 4.79 Å². The summed E-state index contributed by atoms with van der Waals surface area (Å²) in [6.45, 7) is 1.65. The Kier molecular flexibility index (Phi) is 4.73. The van der Waals surface area contributed by atoms with Gasteiger partial charge in [-0.2, -0.15) is 0 Å². The van der Waals surface area contributed by atoms with Gasteiger partial charge >= 0.3 is 0 Å². The standard InChI is InChI=1S/C17H20N2O2S/c1-21-15-6-2-5-14(11-15)17(20)19-8-3-4-13(12-19)10-16-18-7-9-22-16/h2,5-7,9,11,13H,3-4,8,10,12H2,1H3/t13-/m1/s1.